The second kappa shape index (κ2) is 4.55. The first kappa shape index (κ1) is 12.0. The molecule has 0 atom stereocenters. The van der Waals surface area contributed by atoms with Crippen molar-refractivity contribution in [1.29, 1.82) is 0 Å². The summed E-state index contributed by atoms with van der Waals surface area (Å²) in [7, 11) is 0. The largest absolute Gasteiger partial charge is 0.252 e. The van der Waals surface area contributed by atoms with Crippen LogP contribution < -0.4 is 0 Å². The van der Waals surface area contributed by atoms with Crippen molar-refractivity contribution in [3.05, 3.63) is 40.0 Å². The van der Waals surface area contributed by atoms with Gasteiger partial charge < -0.3 is 0 Å². The Morgan fingerprint density at radius 1 is 1.11 bits per heavy atom. The Balaban J connectivity index is 2.23. The lowest BCUT2D eigenvalue weighted by Crippen LogP contribution is -1.99. The average Bonchev–Trinajstić information content (AvgIpc) is 2.87. The molecule has 1 nitrogen and oxygen atoms in total. The molecule has 94 valence electrons. The molecule has 1 aliphatic carbocycles. The van der Waals surface area contributed by atoms with Gasteiger partial charge in [0.2, 0.25) is 0 Å². The Labute approximate surface area is 113 Å². The van der Waals surface area contributed by atoms with Crippen LogP contribution in [0.1, 0.15) is 48.4 Å². The van der Waals surface area contributed by atoms with Crippen LogP contribution in [0.2, 0.25) is 5.02 Å². The zero-order valence-electron chi connectivity index (χ0n) is 11.0. The van der Waals surface area contributed by atoms with E-state index in [9.17, 15) is 0 Å². The van der Waals surface area contributed by atoms with Gasteiger partial charge in [0.25, 0.3) is 0 Å². The van der Waals surface area contributed by atoms with Crippen molar-refractivity contribution in [2.45, 2.75) is 45.4 Å². The summed E-state index contributed by atoms with van der Waals surface area (Å²) >= 11 is 6.48. The van der Waals surface area contributed by atoms with E-state index in [4.69, 9.17) is 16.6 Å². The maximum Gasteiger partial charge on any atom is 0.0752 e. The summed E-state index contributed by atoms with van der Waals surface area (Å²) in [5.41, 5.74) is 4.71. The van der Waals surface area contributed by atoms with Gasteiger partial charge in [0.05, 0.1) is 10.5 Å². The topological polar surface area (TPSA) is 12.9 Å². The van der Waals surface area contributed by atoms with E-state index in [1.165, 1.54) is 42.5 Å². The van der Waals surface area contributed by atoms with Gasteiger partial charge in [0.1, 0.15) is 0 Å². The Bertz CT molecular complexity index is 598. The second-order valence-electron chi connectivity index (χ2n) is 5.43. The molecule has 0 amide bonds. The zero-order chi connectivity index (χ0) is 12.7. The first-order valence-electron chi connectivity index (χ1n) is 6.73. The number of benzene rings is 1. The standard InChI is InChI=1S/C16H18ClN/c1-10-7-8-11(2)16-15(10)13(17)9-14(18-16)12-5-3-4-6-12/h7-9,12H,3-6H2,1-2H3. The van der Waals surface area contributed by atoms with Gasteiger partial charge in [0, 0.05) is 17.0 Å². The zero-order valence-corrected chi connectivity index (χ0v) is 11.7. The first-order valence-corrected chi connectivity index (χ1v) is 7.11. The van der Waals surface area contributed by atoms with E-state index in [0.29, 0.717) is 5.92 Å². The molecule has 1 aromatic heterocycles. The van der Waals surface area contributed by atoms with E-state index in [1.54, 1.807) is 0 Å². The van der Waals surface area contributed by atoms with E-state index in [0.717, 1.165) is 15.9 Å². The molecule has 0 bridgehead atoms. The van der Waals surface area contributed by atoms with E-state index < -0.39 is 0 Å². The summed E-state index contributed by atoms with van der Waals surface area (Å²) in [6.07, 6.45) is 5.18. The molecule has 0 aliphatic heterocycles. The molecule has 1 fully saturated rings. The fourth-order valence-electron chi connectivity index (χ4n) is 3.04. The number of pyridine rings is 1. The number of aryl methyl sites for hydroxylation is 2. The molecule has 0 unspecified atom stereocenters. The first-order chi connectivity index (χ1) is 8.66. The highest BCUT2D eigenvalue weighted by Gasteiger charge is 2.20. The number of fused-ring (bicyclic) bond motifs is 1. The third-order valence-electron chi connectivity index (χ3n) is 4.12. The number of hydrogen-bond acceptors (Lipinski definition) is 1. The van der Waals surface area contributed by atoms with Crippen LogP contribution in [-0.2, 0) is 0 Å². The highest BCUT2D eigenvalue weighted by atomic mass is 35.5. The van der Waals surface area contributed by atoms with Crippen molar-refractivity contribution in [3.8, 4) is 0 Å². The molecule has 2 heteroatoms. The minimum Gasteiger partial charge on any atom is -0.252 e. The van der Waals surface area contributed by atoms with Gasteiger partial charge in [-0.3, -0.25) is 4.98 Å². The van der Waals surface area contributed by atoms with Gasteiger partial charge in [0.15, 0.2) is 0 Å². The lowest BCUT2D eigenvalue weighted by molar-refractivity contribution is 0.701. The van der Waals surface area contributed by atoms with E-state index in [-0.39, 0.29) is 0 Å². The smallest absolute Gasteiger partial charge is 0.0752 e. The van der Waals surface area contributed by atoms with Gasteiger partial charge in [-0.15, -0.1) is 0 Å². The summed E-state index contributed by atoms with van der Waals surface area (Å²) < 4.78 is 0. The Morgan fingerprint density at radius 3 is 2.50 bits per heavy atom. The third-order valence-corrected chi connectivity index (χ3v) is 4.41. The number of nitrogens with zero attached hydrogens (tertiary/aromatic N) is 1. The van der Waals surface area contributed by atoms with E-state index in [2.05, 4.69) is 32.0 Å². The molecule has 0 saturated heterocycles. The van der Waals surface area contributed by atoms with Crippen LogP contribution in [0.5, 0.6) is 0 Å². The molecule has 2 aromatic rings. The Kier molecular flexibility index (Phi) is 3.03. The SMILES string of the molecule is Cc1ccc(C)c2c(Cl)cc(C3CCCC3)nc12. The predicted molar refractivity (Wildman–Crippen MR) is 77.4 cm³/mol. The molecular formula is C16H18ClN. The van der Waals surface area contributed by atoms with Crippen LogP contribution in [0, 0.1) is 13.8 Å². The highest BCUT2D eigenvalue weighted by Crippen LogP contribution is 2.37. The summed E-state index contributed by atoms with van der Waals surface area (Å²) in [6.45, 7) is 4.22. The molecule has 0 radical (unpaired) electrons. The molecule has 3 rings (SSSR count). The van der Waals surface area contributed by atoms with Crippen LogP contribution >= 0.6 is 11.6 Å². The maximum atomic E-state index is 6.48. The molecule has 1 heterocycles. The van der Waals surface area contributed by atoms with Crippen molar-refractivity contribution < 1.29 is 0 Å². The molecule has 1 saturated carbocycles. The van der Waals surface area contributed by atoms with Crippen molar-refractivity contribution >= 4 is 22.5 Å². The van der Waals surface area contributed by atoms with Crippen LogP contribution in [0.15, 0.2) is 18.2 Å². The molecule has 0 N–H and O–H groups in total. The van der Waals surface area contributed by atoms with E-state index >= 15 is 0 Å². The molecule has 1 aromatic carbocycles. The third kappa shape index (κ3) is 1.91. The van der Waals surface area contributed by atoms with Crippen LogP contribution in [-0.4, -0.2) is 4.98 Å². The highest BCUT2D eigenvalue weighted by molar-refractivity contribution is 6.35. The van der Waals surface area contributed by atoms with Crippen LogP contribution in [0.4, 0.5) is 0 Å². The fourth-order valence-corrected chi connectivity index (χ4v) is 3.39. The van der Waals surface area contributed by atoms with Gasteiger partial charge in [-0.2, -0.15) is 0 Å². The van der Waals surface area contributed by atoms with Gasteiger partial charge in [-0.1, -0.05) is 36.6 Å². The second-order valence-corrected chi connectivity index (χ2v) is 5.84. The number of rotatable bonds is 1. The lowest BCUT2D eigenvalue weighted by Gasteiger charge is -2.13. The maximum absolute atomic E-state index is 6.48. The molecule has 0 spiro atoms. The molecular weight excluding hydrogens is 242 g/mol. The summed E-state index contributed by atoms with van der Waals surface area (Å²) in [4.78, 5) is 4.89. The monoisotopic (exact) mass is 259 g/mol. The van der Waals surface area contributed by atoms with Crippen molar-refractivity contribution in [2.24, 2.45) is 0 Å². The molecule has 1 aliphatic rings. The lowest BCUT2D eigenvalue weighted by atomic mass is 10.00. The van der Waals surface area contributed by atoms with Gasteiger partial charge in [-0.25, -0.2) is 0 Å². The number of halogens is 1. The average molecular weight is 260 g/mol. The minimum absolute atomic E-state index is 0.617. The van der Waals surface area contributed by atoms with Crippen molar-refractivity contribution in [1.82, 2.24) is 4.98 Å². The Hall–Kier alpha value is -1.08. The van der Waals surface area contributed by atoms with Crippen LogP contribution in [0.25, 0.3) is 10.9 Å². The summed E-state index contributed by atoms with van der Waals surface area (Å²) in [6, 6.07) is 6.35. The van der Waals surface area contributed by atoms with Crippen molar-refractivity contribution in [2.75, 3.05) is 0 Å². The van der Waals surface area contributed by atoms with Crippen molar-refractivity contribution in [3.63, 3.8) is 0 Å². The fraction of sp³-hybridized carbons (Fsp3) is 0.438. The van der Waals surface area contributed by atoms with Crippen LogP contribution in [0.3, 0.4) is 0 Å². The predicted octanol–water partition coefficient (Wildman–Crippen LogP) is 5.16. The number of hydrogen-bond donors (Lipinski definition) is 0. The minimum atomic E-state index is 0.617. The normalized spacial score (nSPS) is 16.6. The summed E-state index contributed by atoms with van der Waals surface area (Å²) in [5.74, 6) is 0.617. The number of aromatic nitrogens is 1. The molecule has 18 heavy (non-hydrogen) atoms. The van der Waals surface area contributed by atoms with Gasteiger partial charge in [-0.05, 0) is 43.9 Å². The van der Waals surface area contributed by atoms with E-state index in [1.807, 2.05) is 0 Å². The van der Waals surface area contributed by atoms with Gasteiger partial charge >= 0.3 is 0 Å². The Morgan fingerprint density at radius 2 is 1.78 bits per heavy atom. The summed E-state index contributed by atoms with van der Waals surface area (Å²) in [5, 5.41) is 1.99. The quantitative estimate of drug-likeness (QED) is 0.689.